The number of nitrogens with one attached hydrogen (secondary N) is 2. The third-order valence-corrected chi connectivity index (χ3v) is 5.64. The van der Waals surface area contributed by atoms with Gasteiger partial charge in [-0.2, -0.15) is 11.8 Å². The summed E-state index contributed by atoms with van der Waals surface area (Å²) in [5.41, 5.74) is 1.13. The summed E-state index contributed by atoms with van der Waals surface area (Å²) in [4.78, 5) is 39.2. The summed E-state index contributed by atoms with van der Waals surface area (Å²) in [5, 5.41) is 3.42. The molecule has 1 heterocycles. The van der Waals surface area contributed by atoms with Gasteiger partial charge < -0.3 is 10.3 Å². The summed E-state index contributed by atoms with van der Waals surface area (Å²) < 4.78 is 1.21. The molecule has 0 aliphatic carbocycles. The van der Waals surface area contributed by atoms with Crippen LogP contribution in [0.5, 0.6) is 0 Å². The number of unbranched alkanes of at least 4 members (excludes halogenated alkanes) is 1. The molecule has 0 saturated carbocycles. The van der Waals surface area contributed by atoms with Crippen LogP contribution in [0.3, 0.4) is 0 Å². The van der Waals surface area contributed by atoms with Gasteiger partial charge in [-0.15, -0.1) is 0 Å². The summed E-state index contributed by atoms with van der Waals surface area (Å²) >= 11 is 1.79. The zero-order valence-electron chi connectivity index (χ0n) is 16.2. The lowest BCUT2D eigenvalue weighted by Crippen LogP contribution is -2.35. The van der Waals surface area contributed by atoms with E-state index in [9.17, 15) is 14.4 Å². The first-order valence-corrected chi connectivity index (χ1v) is 10.9. The Morgan fingerprint density at radius 1 is 1.00 bits per heavy atom. The Morgan fingerprint density at radius 2 is 1.76 bits per heavy atom. The van der Waals surface area contributed by atoms with E-state index in [1.165, 1.54) is 10.1 Å². The van der Waals surface area contributed by atoms with Crippen molar-refractivity contribution in [3.63, 3.8) is 0 Å². The zero-order valence-corrected chi connectivity index (χ0v) is 17.0. The number of aromatic amines is 1. The van der Waals surface area contributed by atoms with Gasteiger partial charge in [0, 0.05) is 31.0 Å². The molecule has 0 fully saturated rings. The smallest absolute Gasteiger partial charge is 0.328 e. The van der Waals surface area contributed by atoms with Gasteiger partial charge in [-0.05, 0) is 30.5 Å². The molecule has 0 aliphatic rings. The summed E-state index contributed by atoms with van der Waals surface area (Å²) in [5.74, 6) is 1.80. The maximum atomic E-state index is 12.4. The molecule has 7 heteroatoms. The number of hydrogen-bond acceptors (Lipinski definition) is 4. The number of carbonyl (C=O) groups excluding carboxylic acids is 1. The van der Waals surface area contributed by atoms with E-state index in [0.717, 1.165) is 11.5 Å². The average molecular weight is 412 g/mol. The lowest BCUT2D eigenvalue weighted by molar-refractivity contribution is -0.121. The zero-order chi connectivity index (χ0) is 20.5. The molecular formula is C22H25N3O3S. The van der Waals surface area contributed by atoms with Crippen molar-refractivity contribution in [1.82, 2.24) is 14.9 Å². The number of carbonyl (C=O) groups is 1. The molecule has 1 amide bonds. The first-order chi connectivity index (χ1) is 14.1. The molecule has 0 bridgehead atoms. The topological polar surface area (TPSA) is 84.0 Å². The predicted octanol–water partition coefficient (Wildman–Crippen LogP) is 2.91. The summed E-state index contributed by atoms with van der Waals surface area (Å²) in [7, 11) is 0. The van der Waals surface area contributed by atoms with Gasteiger partial charge >= 0.3 is 5.69 Å². The standard InChI is InChI=1S/C22H25N3O3S/c26-20(23-13-15-29-16-17-8-2-1-3-9-17)12-6-7-14-25-21(27)18-10-4-5-11-19(18)24-22(25)28/h1-5,8-11H,6-7,12-16H2,(H,23,26)(H,24,28). The third kappa shape index (κ3) is 6.09. The van der Waals surface area contributed by atoms with E-state index in [1.807, 2.05) is 18.2 Å². The van der Waals surface area contributed by atoms with E-state index in [1.54, 1.807) is 36.0 Å². The number of benzene rings is 2. The molecule has 1 aromatic heterocycles. The van der Waals surface area contributed by atoms with Gasteiger partial charge in [0.15, 0.2) is 0 Å². The largest absolute Gasteiger partial charge is 0.355 e. The van der Waals surface area contributed by atoms with Crippen molar-refractivity contribution in [1.29, 1.82) is 0 Å². The van der Waals surface area contributed by atoms with Gasteiger partial charge in [0.2, 0.25) is 5.91 Å². The van der Waals surface area contributed by atoms with Gasteiger partial charge in [-0.3, -0.25) is 14.2 Å². The van der Waals surface area contributed by atoms with E-state index in [2.05, 4.69) is 22.4 Å². The molecule has 0 spiro atoms. The molecule has 6 nitrogen and oxygen atoms in total. The normalized spacial score (nSPS) is 10.9. The fourth-order valence-electron chi connectivity index (χ4n) is 3.07. The number of aromatic nitrogens is 2. The van der Waals surface area contributed by atoms with E-state index in [0.29, 0.717) is 43.3 Å². The van der Waals surface area contributed by atoms with Crippen molar-refractivity contribution in [2.75, 3.05) is 12.3 Å². The second-order valence-corrected chi connectivity index (χ2v) is 7.88. The third-order valence-electron chi connectivity index (χ3n) is 4.61. The Labute approximate surface area is 173 Å². The maximum absolute atomic E-state index is 12.4. The van der Waals surface area contributed by atoms with Crippen molar-refractivity contribution in [2.24, 2.45) is 0 Å². The molecule has 2 aromatic carbocycles. The highest BCUT2D eigenvalue weighted by Crippen LogP contribution is 2.10. The van der Waals surface area contributed by atoms with Crippen LogP contribution in [0.2, 0.25) is 0 Å². The maximum Gasteiger partial charge on any atom is 0.328 e. The molecule has 0 saturated heterocycles. The monoisotopic (exact) mass is 411 g/mol. The Hall–Kier alpha value is -2.80. The van der Waals surface area contributed by atoms with Gasteiger partial charge in [0.1, 0.15) is 0 Å². The van der Waals surface area contributed by atoms with Crippen molar-refractivity contribution < 1.29 is 4.79 Å². The van der Waals surface area contributed by atoms with E-state index in [-0.39, 0.29) is 11.5 Å². The quantitative estimate of drug-likeness (QED) is 0.503. The molecule has 0 aliphatic heterocycles. The van der Waals surface area contributed by atoms with E-state index in [4.69, 9.17) is 0 Å². The molecule has 3 aromatic rings. The van der Waals surface area contributed by atoms with E-state index >= 15 is 0 Å². The van der Waals surface area contributed by atoms with Gasteiger partial charge in [0.05, 0.1) is 10.9 Å². The predicted molar refractivity (Wildman–Crippen MR) is 118 cm³/mol. The highest BCUT2D eigenvalue weighted by Gasteiger charge is 2.07. The number of fused-ring (bicyclic) bond motifs is 1. The molecular weight excluding hydrogens is 386 g/mol. The minimum absolute atomic E-state index is 0.00470. The molecule has 152 valence electrons. The summed E-state index contributed by atoms with van der Waals surface area (Å²) in [6, 6.07) is 17.2. The van der Waals surface area contributed by atoms with Crippen LogP contribution in [0, 0.1) is 0 Å². The second kappa shape index (κ2) is 10.7. The lowest BCUT2D eigenvalue weighted by Gasteiger charge is -2.07. The summed E-state index contributed by atoms with van der Waals surface area (Å²) in [6.45, 7) is 0.944. The van der Waals surface area contributed by atoms with Crippen molar-refractivity contribution in [2.45, 2.75) is 31.6 Å². The van der Waals surface area contributed by atoms with Crippen LogP contribution in [-0.2, 0) is 17.1 Å². The number of amides is 1. The average Bonchev–Trinajstić information content (AvgIpc) is 2.73. The number of rotatable bonds is 10. The van der Waals surface area contributed by atoms with Crippen LogP contribution >= 0.6 is 11.8 Å². The van der Waals surface area contributed by atoms with Crippen molar-refractivity contribution in [3.8, 4) is 0 Å². The van der Waals surface area contributed by atoms with Crippen LogP contribution in [0.25, 0.3) is 10.9 Å². The van der Waals surface area contributed by atoms with E-state index < -0.39 is 5.69 Å². The number of H-pyrrole nitrogens is 1. The van der Waals surface area contributed by atoms with Crippen LogP contribution in [0.15, 0.2) is 64.2 Å². The molecule has 29 heavy (non-hydrogen) atoms. The molecule has 0 atom stereocenters. The van der Waals surface area contributed by atoms with Crippen LogP contribution < -0.4 is 16.6 Å². The Morgan fingerprint density at radius 3 is 2.59 bits per heavy atom. The van der Waals surface area contributed by atoms with Crippen molar-refractivity contribution >= 4 is 28.6 Å². The SMILES string of the molecule is O=C(CCCCn1c(=O)[nH]c2ccccc2c1=O)NCCSCc1ccccc1. The minimum atomic E-state index is -0.409. The summed E-state index contributed by atoms with van der Waals surface area (Å²) in [6.07, 6.45) is 1.61. The minimum Gasteiger partial charge on any atom is -0.355 e. The molecule has 0 radical (unpaired) electrons. The van der Waals surface area contributed by atoms with Crippen LogP contribution in [-0.4, -0.2) is 27.8 Å². The second-order valence-electron chi connectivity index (χ2n) is 6.78. The van der Waals surface area contributed by atoms with Gasteiger partial charge in [0.25, 0.3) is 5.56 Å². The lowest BCUT2D eigenvalue weighted by atomic mass is 10.2. The number of para-hydroxylation sites is 1. The Bertz CT molecular complexity index is 1060. The fourth-order valence-corrected chi connectivity index (χ4v) is 3.89. The van der Waals surface area contributed by atoms with Gasteiger partial charge in [-0.25, -0.2) is 4.79 Å². The Kier molecular flexibility index (Phi) is 7.69. The first kappa shape index (κ1) is 20.9. The molecule has 3 rings (SSSR count). The molecule has 2 N–H and O–H groups in total. The first-order valence-electron chi connectivity index (χ1n) is 9.75. The van der Waals surface area contributed by atoms with Gasteiger partial charge in [-0.1, -0.05) is 42.5 Å². The van der Waals surface area contributed by atoms with Crippen LogP contribution in [0.1, 0.15) is 24.8 Å². The number of nitrogens with zero attached hydrogens (tertiary/aromatic N) is 1. The van der Waals surface area contributed by atoms with Crippen molar-refractivity contribution in [3.05, 3.63) is 81.0 Å². The highest BCUT2D eigenvalue weighted by molar-refractivity contribution is 7.98. The highest BCUT2D eigenvalue weighted by atomic mass is 32.2. The van der Waals surface area contributed by atoms with Crippen LogP contribution in [0.4, 0.5) is 0 Å². The number of thioether (sulfide) groups is 1. The Balaban J connectivity index is 1.35. The fraction of sp³-hybridized carbons (Fsp3) is 0.318. The number of hydrogen-bond donors (Lipinski definition) is 2. The molecule has 0 unspecified atom stereocenters.